The Hall–Kier alpha value is -0.370. The van der Waals surface area contributed by atoms with E-state index in [4.69, 9.17) is 4.74 Å². The molecule has 1 heterocycles. The molecule has 0 aliphatic carbocycles. The molecule has 0 N–H and O–H groups in total. The smallest absolute Gasteiger partial charge is 0.132 e. The van der Waals surface area contributed by atoms with Crippen molar-refractivity contribution in [1.29, 1.82) is 0 Å². The van der Waals surface area contributed by atoms with Crippen LogP contribution in [0.1, 0.15) is 39.5 Å². The van der Waals surface area contributed by atoms with Crippen molar-refractivity contribution < 1.29 is 9.53 Å². The molecule has 2 nitrogen and oxygen atoms in total. The van der Waals surface area contributed by atoms with Gasteiger partial charge in [-0.1, -0.05) is 6.92 Å². The van der Waals surface area contributed by atoms with Crippen molar-refractivity contribution in [3.8, 4) is 0 Å². The first-order valence-corrected chi connectivity index (χ1v) is 4.86. The van der Waals surface area contributed by atoms with Gasteiger partial charge in [0.1, 0.15) is 5.78 Å². The molecule has 1 fully saturated rings. The lowest BCUT2D eigenvalue weighted by molar-refractivity contribution is -0.121. The number of hydrogen-bond donors (Lipinski definition) is 0. The van der Waals surface area contributed by atoms with Crippen molar-refractivity contribution in [3.05, 3.63) is 0 Å². The van der Waals surface area contributed by atoms with Gasteiger partial charge in [-0.2, -0.15) is 0 Å². The average Bonchev–Trinajstić information content (AvgIpc) is 2.51. The van der Waals surface area contributed by atoms with Crippen LogP contribution >= 0.6 is 0 Å². The molecular weight excluding hydrogens is 152 g/mol. The van der Waals surface area contributed by atoms with Crippen molar-refractivity contribution in [2.24, 2.45) is 5.92 Å². The predicted octanol–water partition coefficient (Wildman–Crippen LogP) is 2.17. The van der Waals surface area contributed by atoms with Crippen LogP contribution in [0, 0.1) is 5.92 Å². The number of hydrogen-bond acceptors (Lipinski definition) is 2. The van der Waals surface area contributed by atoms with Gasteiger partial charge in [-0.3, -0.25) is 4.79 Å². The van der Waals surface area contributed by atoms with Gasteiger partial charge in [0.2, 0.25) is 0 Å². The van der Waals surface area contributed by atoms with Crippen LogP contribution in [-0.2, 0) is 9.53 Å². The molecule has 0 spiro atoms. The Morgan fingerprint density at radius 1 is 1.67 bits per heavy atom. The van der Waals surface area contributed by atoms with Crippen molar-refractivity contribution in [3.63, 3.8) is 0 Å². The molecule has 1 rings (SSSR count). The third kappa shape index (κ3) is 2.59. The summed E-state index contributed by atoms with van der Waals surface area (Å²) < 4.78 is 5.48. The number of rotatable bonds is 4. The quantitative estimate of drug-likeness (QED) is 0.646. The first kappa shape index (κ1) is 9.72. The molecule has 0 amide bonds. The minimum Gasteiger partial charge on any atom is -0.378 e. The van der Waals surface area contributed by atoms with Crippen LogP contribution in [0.3, 0.4) is 0 Å². The van der Waals surface area contributed by atoms with Crippen LogP contribution in [0.25, 0.3) is 0 Å². The van der Waals surface area contributed by atoms with E-state index in [1.54, 1.807) is 6.92 Å². The molecule has 70 valence electrons. The third-order valence-corrected chi connectivity index (χ3v) is 2.64. The molecule has 12 heavy (non-hydrogen) atoms. The highest BCUT2D eigenvalue weighted by Gasteiger charge is 2.21. The fraction of sp³-hybridized carbons (Fsp3) is 0.900. The van der Waals surface area contributed by atoms with Gasteiger partial charge in [0.25, 0.3) is 0 Å². The summed E-state index contributed by atoms with van der Waals surface area (Å²) in [6, 6.07) is 0. The summed E-state index contributed by atoms with van der Waals surface area (Å²) in [4.78, 5) is 11.1. The molecule has 1 saturated heterocycles. The minimum atomic E-state index is 0.230. The zero-order chi connectivity index (χ0) is 8.97. The highest BCUT2D eigenvalue weighted by Crippen LogP contribution is 2.22. The molecule has 0 radical (unpaired) electrons. The second kappa shape index (κ2) is 4.61. The van der Waals surface area contributed by atoms with E-state index in [1.165, 1.54) is 6.42 Å². The Morgan fingerprint density at radius 2 is 2.42 bits per heavy atom. The minimum absolute atomic E-state index is 0.230. The lowest BCUT2D eigenvalue weighted by atomic mass is 9.94. The van der Waals surface area contributed by atoms with E-state index in [-0.39, 0.29) is 5.92 Å². The maximum absolute atomic E-state index is 11.1. The number of ketones is 1. The topological polar surface area (TPSA) is 26.3 Å². The summed E-state index contributed by atoms with van der Waals surface area (Å²) in [5, 5.41) is 0. The van der Waals surface area contributed by atoms with Crippen LogP contribution in [0.2, 0.25) is 0 Å². The van der Waals surface area contributed by atoms with E-state index < -0.39 is 0 Å². The standard InChI is InChI=1S/C10H18O2/c1-3-9(8(2)11)7-10-5-4-6-12-10/h9-10H,3-7H2,1-2H3. The average molecular weight is 170 g/mol. The second-order valence-corrected chi connectivity index (χ2v) is 3.59. The summed E-state index contributed by atoms with van der Waals surface area (Å²) >= 11 is 0. The number of Topliss-reactive ketones (excluding diaryl/α,β-unsaturated/α-hetero) is 1. The van der Waals surface area contributed by atoms with E-state index in [1.807, 2.05) is 0 Å². The van der Waals surface area contributed by atoms with Gasteiger partial charge in [-0.15, -0.1) is 0 Å². The van der Waals surface area contributed by atoms with Crippen molar-refractivity contribution in [2.75, 3.05) is 6.61 Å². The SMILES string of the molecule is CCC(CC1CCCO1)C(C)=O. The van der Waals surface area contributed by atoms with Crippen LogP contribution in [0.15, 0.2) is 0 Å². The molecule has 2 unspecified atom stereocenters. The summed E-state index contributed by atoms with van der Waals surface area (Å²) in [7, 11) is 0. The Labute approximate surface area is 74.3 Å². The van der Waals surface area contributed by atoms with Crippen LogP contribution in [0.5, 0.6) is 0 Å². The van der Waals surface area contributed by atoms with Gasteiger partial charge in [0.05, 0.1) is 6.10 Å². The largest absolute Gasteiger partial charge is 0.378 e. The van der Waals surface area contributed by atoms with E-state index in [2.05, 4.69) is 6.92 Å². The molecule has 1 aliphatic heterocycles. The Balaban J connectivity index is 2.30. The Morgan fingerprint density at radius 3 is 2.83 bits per heavy atom. The lowest BCUT2D eigenvalue weighted by Gasteiger charge is -2.15. The molecule has 1 aliphatic rings. The van der Waals surface area contributed by atoms with E-state index in [0.29, 0.717) is 11.9 Å². The normalized spacial score (nSPS) is 25.7. The zero-order valence-corrected chi connectivity index (χ0v) is 8.01. The molecule has 0 aromatic carbocycles. The third-order valence-electron chi connectivity index (χ3n) is 2.64. The van der Waals surface area contributed by atoms with Crippen LogP contribution in [0.4, 0.5) is 0 Å². The summed E-state index contributed by atoms with van der Waals surface area (Å²) in [6.45, 7) is 4.64. The highest BCUT2D eigenvalue weighted by molar-refractivity contribution is 5.78. The Bertz CT molecular complexity index is 148. The van der Waals surface area contributed by atoms with Crippen molar-refractivity contribution in [2.45, 2.75) is 45.6 Å². The van der Waals surface area contributed by atoms with Gasteiger partial charge in [-0.05, 0) is 32.6 Å². The van der Waals surface area contributed by atoms with E-state index >= 15 is 0 Å². The van der Waals surface area contributed by atoms with E-state index in [9.17, 15) is 4.79 Å². The van der Waals surface area contributed by atoms with Gasteiger partial charge >= 0.3 is 0 Å². The summed E-state index contributed by atoms with van der Waals surface area (Å²) in [5.41, 5.74) is 0. The molecule has 0 aromatic rings. The van der Waals surface area contributed by atoms with Gasteiger partial charge in [0.15, 0.2) is 0 Å². The Kier molecular flexibility index (Phi) is 3.73. The predicted molar refractivity (Wildman–Crippen MR) is 48.1 cm³/mol. The van der Waals surface area contributed by atoms with Gasteiger partial charge in [-0.25, -0.2) is 0 Å². The maximum atomic E-state index is 11.1. The summed E-state index contributed by atoms with van der Waals surface area (Å²) in [6.07, 6.45) is 4.56. The monoisotopic (exact) mass is 170 g/mol. The molecule has 2 atom stereocenters. The fourth-order valence-electron chi connectivity index (χ4n) is 1.77. The second-order valence-electron chi connectivity index (χ2n) is 3.59. The first-order chi connectivity index (χ1) is 5.74. The zero-order valence-electron chi connectivity index (χ0n) is 8.01. The van der Waals surface area contributed by atoms with Crippen LogP contribution < -0.4 is 0 Å². The van der Waals surface area contributed by atoms with Gasteiger partial charge < -0.3 is 4.74 Å². The molecule has 2 heteroatoms. The fourth-order valence-corrected chi connectivity index (χ4v) is 1.77. The molecule has 0 aromatic heterocycles. The molecular formula is C10H18O2. The van der Waals surface area contributed by atoms with Crippen molar-refractivity contribution in [1.82, 2.24) is 0 Å². The number of carbonyl (C=O) groups excluding carboxylic acids is 1. The lowest BCUT2D eigenvalue weighted by Crippen LogP contribution is -2.17. The van der Waals surface area contributed by atoms with Crippen LogP contribution in [-0.4, -0.2) is 18.5 Å². The first-order valence-electron chi connectivity index (χ1n) is 4.86. The summed E-state index contributed by atoms with van der Waals surface area (Å²) in [5.74, 6) is 0.543. The van der Waals surface area contributed by atoms with Crippen molar-refractivity contribution >= 4 is 5.78 Å². The number of ether oxygens (including phenoxy) is 1. The highest BCUT2D eigenvalue weighted by atomic mass is 16.5. The van der Waals surface area contributed by atoms with E-state index in [0.717, 1.165) is 25.9 Å². The molecule has 0 saturated carbocycles. The molecule has 0 bridgehead atoms. The maximum Gasteiger partial charge on any atom is 0.132 e. The van der Waals surface area contributed by atoms with Gasteiger partial charge in [0, 0.05) is 12.5 Å². The number of carbonyl (C=O) groups is 1.